The molecule has 0 fully saturated rings. The van der Waals surface area contributed by atoms with Crippen LogP contribution in [0.4, 0.5) is 13.2 Å². The number of halogens is 3. The molecule has 0 aliphatic heterocycles. The van der Waals surface area contributed by atoms with Crippen LogP contribution < -0.4 is 0 Å². The number of alkyl halides is 3. The lowest BCUT2D eigenvalue weighted by Crippen LogP contribution is -2.05. The number of rotatable bonds is 1. The van der Waals surface area contributed by atoms with Crippen LogP contribution in [0, 0.1) is 11.3 Å². The molecule has 2 rings (SSSR count). The number of hydrogen-bond acceptors (Lipinski definition) is 2. The summed E-state index contributed by atoms with van der Waals surface area (Å²) in [5.74, 6) is 0. The lowest BCUT2D eigenvalue weighted by atomic mass is 10.1. The van der Waals surface area contributed by atoms with E-state index in [-0.39, 0.29) is 0 Å². The van der Waals surface area contributed by atoms with Crippen LogP contribution in [0.25, 0.3) is 11.3 Å². The van der Waals surface area contributed by atoms with Gasteiger partial charge in [-0.1, -0.05) is 12.1 Å². The summed E-state index contributed by atoms with van der Waals surface area (Å²) in [5.41, 5.74) is 0.666. The molecule has 1 heterocycles. The van der Waals surface area contributed by atoms with Gasteiger partial charge < -0.3 is 0 Å². The van der Waals surface area contributed by atoms with Crippen molar-refractivity contribution in [1.29, 1.82) is 5.26 Å². The summed E-state index contributed by atoms with van der Waals surface area (Å²) in [6, 6.07) is 10.8. The second-order valence-corrected chi connectivity index (χ2v) is 3.62. The SMILES string of the molecule is N#Cc1cccc(-c2ccc(C(F)(F)F)cn2)c1. The van der Waals surface area contributed by atoms with Crippen LogP contribution in [-0.2, 0) is 6.18 Å². The highest BCUT2D eigenvalue weighted by molar-refractivity contribution is 5.61. The summed E-state index contributed by atoms with van der Waals surface area (Å²) in [6.07, 6.45) is -3.60. The van der Waals surface area contributed by atoms with Gasteiger partial charge in [0.25, 0.3) is 0 Å². The Hall–Kier alpha value is -2.35. The normalized spacial score (nSPS) is 11.0. The Balaban J connectivity index is 2.38. The van der Waals surface area contributed by atoms with Crippen molar-refractivity contribution in [2.75, 3.05) is 0 Å². The van der Waals surface area contributed by atoms with Gasteiger partial charge in [0.05, 0.1) is 22.9 Å². The minimum atomic E-state index is -4.39. The molecule has 0 aliphatic carbocycles. The quantitative estimate of drug-likeness (QED) is 0.772. The van der Waals surface area contributed by atoms with E-state index in [2.05, 4.69) is 4.98 Å². The van der Waals surface area contributed by atoms with Gasteiger partial charge in [0, 0.05) is 11.8 Å². The van der Waals surface area contributed by atoms with E-state index in [1.807, 2.05) is 6.07 Å². The first-order chi connectivity index (χ1) is 8.50. The maximum atomic E-state index is 12.4. The van der Waals surface area contributed by atoms with Crippen molar-refractivity contribution >= 4 is 0 Å². The number of aromatic nitrogens is 1. The molecule has 0 aliphatic rings. The van der Waals surface area contributed by atoms with Crippen LogP contribution in [0.3, 0.4) is 0 Å². The molecular formula is C13H7F3N2. The van der Waals surface area contributed by atoms with E-state index in [0.717, 1.165) is 12.3 Å². The third-order valence-corrected chi connectivity index (χ3v) is 2.38. The van der Waals surface area contributed by atoms with E-state index in [4.69, 9.17) is 5.26 Å². The highest BCUT2D eigenvalue weighted by Crippen LogP contribution is 2.29. The molecule has 2 aromatic rings. The Morgan fingerprint density at radius 1 is 1.11 bits per heavy atom. The Bertz CT molecular complexity index is 595. The number of benzene rings is 1. The number of nitrogens with zero attached hydrogens (tertiary/aromatic N) is 2. The highest BCUT2D eigenvalue weighted by atomic mass is 19.4. The van der Waals surface area contributed by atoms with Crippen molar-refractivity contribution in [1.82, 2.24) is 4.98 Å². The zero-order chi connectivity index (χ0) is 13.2. The summed E-state index contributed by atoms with van der Waals surface area (Å²) in [6.45, 7) is 0. The third kappa shape index (κ3) is 2.48. The minimum Gasteiger partial charge on any atom is -0.256 e. The van der Waals surface area contributed by atoms with E-state index in [0.29, 0.717) is 16.8 Å². The van der Waals surface area contributed by atoms with Crippen molar-refractivity contribution in [2.24, 2.45) is 0 Å². The van der Waals surface area contributed by atoms with Crippen molar-refractivity contribution in [3.8, 4) is 17.3 Å². The third-order valence-electron chi connectivity index (χ3n) is 2.38. The molecule has 0 bridgehead atoms. The van der Waals surface area contributed by atoms with Crippen molar-refractivity contribution in [3.63, 3.8) is 0 Å². The van der Waals surface area contributed by atoms with Gasteiger partial charge >= 0.3 is 6.18 Å². The maximum Gasteiger partial charge on any atom is 0.417 e. The predicted molar refractivity (Wildman–Crippen MR) is 59.4 cm³/mol. The number of hydrogen-bond donors (Lipinski definition) is 0. The smallest absolute Gasteiger partial charge is 0.256 e. The minimum absolute atomic E-state index is 0.403. The molecule has 2 nitrogen and oxygen atoms in total. The molecule has 0 saturated carbocycles. The van der Waals surface area contributed by atoms with Crippen molar-refractivity contribution in [2.45, 2.75) is 6.18 Å². The first kappa shape index (κ1) is 12.1. The fraction of sp³-hybridized carbons (Fsp3) is 0.0769. The summed E-state index contributed by atoms with van der Waals surface area (Å²) < 4.78 is 37.1. The molecule has 0 saturated heterocycles. The van der Waals surface area contributed by atoms with E-state index in [1.54, 1.807) is 24.3 Å². The van der Waals surface area contributed by atoms with Gasteiger partial charge in [0.1, 0.15) is 0 Å². The summed E-state index contributed by atoms with van der Waals surface area (Å²) in [7, 11) is 0. The standard InChI is InChI=1S/C13H7F3N2/c14-13(15,16)11-4-5-12(18-8-11)10-3-1-2-9(6-10)7-17/h1-6,8H. The highest BCUT2D eigenvalue weighted by Gasteiger charge is 2.30. The molecule has 0 unspecified atom stereocenters. The molecule has 0 atom stereocenters. The summed E-state index contributed by atoms with van der Waals surface area (Å²) >= 11 is 0. The van der Waals surface area contributed by atoms with Crippen LogP contribution in [-0.4, -0.2) is 4.98 Å². The van der Waals surface area contributed by atoms with Crippen LogP contribution in [0.1, 0.15) is 11.1 Å². The van der Waals surface area contributed by atoms with Crippen LogP contribution in [0.5, 0.6) is 0 Å². The molecule has 1 aromatic carbocycles. The average Bonchev–Trinajstić information content (AvgIpc) is 2.38. The van der Waals surface area contributed by atoms with Crippen LogP contribution in [0.15, 0.2) is 42.6 Å². The van der Waals surface area contributed by atoms with Crippen molar-refractivity contribution < 1.29 is 13.2 Å². The maximum absolute atomic E-state index is 12.4. The van der Waals surface area contributed by atoms with E-state index < -0.39 is 11.7 Å². The van der Waals surface area contributed by atoms with E-state index in [1.165, 1.54) is 6.07 Å². The topological polar surface area (TPSA) is 36.7 Å². The van der Waals surface area contributed by atoms with Crippen LogP contribution in [0.2, 0.25) is 0 Å². The van der Waals surface area contributed by atoms with Gasteiger partial charge in [0.2, 0.25) is 0 Å². The molecule has 0 spiro atoms. The lowest BCUT2D eigenvalue weighted by molar-refractivity contribution is -0.137. The fourth-order valence-electron chi connectivity index (χ4n) is 1.48. The van der Waals surface area contributed by atoms with Gasteiger partial charge in [-0.25, -0.2) is 0 Å². The molecule has 1 aromatic heterocycles. The molecule has 0 radical (unpaired) electrons. The summed E-state index contributed by atoms with van der Waals surface area (Å²) in [5, 5.41) is 8.74. The first-order valence-corrected chi connectivity index (χ1v) is 5.04. The monoisotopic (exact) mass is 248 g/mol. The Kier molecular flexibility index (Phi) is 3.02. The second-order valence-electron chi connectivity index (χ2n) is 3.62. The summed E-state index contributed by atoms with van der Waals surface area (Å²) in [4.78, 5) is 3.76. The van der Waals surface area contributed by atoms with Gasteiger partial charge in [-0.2, -0.15) is 18.4 Å². The molecule has 18 heavy (non-hydrogen) atoms. The molecule has 0 amide bonds. The molecule has 90 valence electrons. The first-order valence-electron chi connectivity index (χ1n) is 5.04. The fourth-order valence-corrected chi connectivity index (χ4v) is 1.48. The average molecular weight is 248 g/mol. The Morgan fingerprint density at radius 2 is 1.89 bits per heavy atom. The molecule has 5 heteroatoms. The van der Waals surface area contributed by atoms with Gasteiger partial charge in [-0.05, 0) is 24.3 Å². The predicted octanol–water partition coefficient (Wildman–Crippen LogP) is 3.64. The van der Waals surface area contributed by atoms with Gasteiger partial charge in [0.15, 0.2) is 0 Å². The van der Waals surface area contributed by atoms with Crippen LogP contribution >= 0.6 is 0 Å². The number of nitriles is 1. The second kappa shape index (κ2) is 4.49. The zero-order valence-corrected chi connectivity index (χ0v) is 9.07. The van der Waals surface area contributed by atoms with Gasteiger partial charge in [-0.3, -0.25) is 4.98 Å². The van der Waals surface area contributed by atoms with Gasteiger partial charge in [-0.15, -0.1) is 0 Å². The lowest BCUT2D eigenvalue weighted by Gasteiger charge is -2.07. The molecule has 0 N–H and O–H groups in total. The largest absolute Gasteiger partial charge is 0.417 e. The van der Waals surface area contributed by atoms with E-state index >= 15 is 0 Å². The molecular weight excluding hydrogens is 241 g/mol. The Labute approximate surface area is 101 Å². The Morgan fingerprint density at radius 3 is 2.44 bits per heavy atom. The van der Waals surface area contributed by atoms with E-state index in [9.17, 15) is 13.2 Å². The zero-order valence-electron chi connectivity index (χ0n) is 9.07. The van der Waals surface area contributed by atoms with Crippen molar-refractivity contribution in [3.05, 3.63) is 53.7 Å². The number of pyridine rings is 1.